The van der Waals surface area contributed by atoms with Gasteiger partial charge in [-0.15, -0.1) is 11.3 Å². The lowest BCUT2D eigenvalue weighted by Crippen LogP contribution is -2.40. The number of ether oxygens (including phenoxy) is 1. The zero-order valence-corrected chi connectivity index (χ0v) is 20.2. The molecule has 0 bridgehead atoms. The topological polar surface area (TPSA) is 59.5 Å². The highest BCUT2D eigenvalue weighted by Gasteiger charge is 2.29. The molecule has 0 unspecified atom stereocenters. The Labute approximate surface area is 199 Å². The molecule has 0 spiro atoms. The van der Waals surface area contributed by atoms with E-state index in [4.69, 9.17) is 4.74 Å². The molecule has 5 nitrogen and oxygen atoms in total. The van der Waals surface area contributed by atoms with Crippen LogP contribution in [0.4, 0.5) is 0 Å². The van der Waals surface area contributed by atoms with Crippen molar-refractivity contribution >= 4 is 23.0 Å². The van der Waals surface area contributed by atoms with E-state index in [9.17, 15) is 9.59 Å². The van der Waals surface area contributed by atoms with E-state index in [-0.39, 0.29) is 17.6 Å². The number of amides is 1. The van der Waals surface area contributed by atoms with Crippen LogP contribution >= 0.6 is 11.3 Å². The van der Waals surface area contributed by atoms with Gasteiger partial charge in [0.25, 0.3) is 5.91 Å². The van der Waals surface area contributed by atoms with E-state index in [0.717, 1.165) is 28.3 Å². The van der Waals surface area contributed by atoms with E-state index in [0.29, 0.717) is 37.5 Å². The van der Waals surface area contributed by atoms with Crippen molar-refractivity contribution in [2.45, 2.75) is 33.1 Å². The molecular formula is C27H30N2O3S. The third kappa shape index (κ3) is 5.33. The van der Waals surface area contributed by atoms with Gasteiger partial charge in [-0.3, -0.25) is 9.59 Å². The second kappa shape index (κ2) is 10.3. The summed E-state index contributed by atoms with van der Waals surface area (Å²) in [5, 5.41) is 2.57. The number of hydrogen-bond acceptors (Lipinski definition) is 5. The summed E-state index contributed by atoms with van der Waals surface area (Å²) in [6, 6.07) is 15.7. The Balaban J connectivity index is 1.36. The highest BCUT2D eigenvalue weighted by atomic mass is 32.1. The van der Waals surface area contributed by atoms with Gasteiger partial charge in [-0.2, -0.15) is 0 Å². The predicted molar refractivity (Wildman–Crippen MR) is 132 cm³/mol. The van der Waals surface area contributed by atoms with E-state index >= 15 is 0 Å². The molecule has 1 saturated heterocycles. The van der Waals surface area contributed by atoms with Gasteiger partial charge in [-0.25, -0.2) is 4.98 Å². The Morgan fingerprint density at radius 3 is 2.45 bits per heavy atom. The molecule has 172 valence electrons. The molecule has 1 amide bonds. The van der Waals surface area contributed by atoms with E-state index in [2.05, 4.69) is 31.0 Å². The fourth-order valence-electron chi connectivity index (χ4n) is 4.34. The first-order chi connectivity index (χ1) is 16.0. The summed E-state index contributed by atoms with van der Waals surface area (Å²) < 4.78 is 5.42. The van der Waals surface area contributed by atoms with E-state index in [1.54, 1.807) is 12.5 Å². The lowest BCUT2D eigenvalue weighted by atomic mass is 9.88. The molecule has 1 fully saturated rings. The van der Waals surface area contributed by atoms with Crippen LogP contribution in [0.5, 0.6) is 5.75 Å². The highest BCUT2D eigenvalue weighted by molar-refractivity contribution is 7.13. The summed E-state index contributed by atoms with van der Waals surface area (Å²) in [6.45, 7) is 5.53. The second-order valence-electron chi connectivity index (χ2n) is 8.96. The fraction of sp³-hybridized carbons (Fsp3) is 0.370. The number of nitrogens with zero attached hydrogens (tertiary/aromatic N) is 2. The molecule has 3 aromatic rings. The van der Waals surface area contributed by atoms with Gasteiger partial charge in [0, 0.05) is 30.0 Å². The van der Waals surface area contributed by atoms with Gasteiger partial charge in [0.1, 0.15) is 16.5 Å². The average Bonchev–Trinajstić information content (AvgIpc) is 3.33. The molecule has 2 heterocycles. The third-order valence-corrected chi connectivity index (χ3v) is 6.97. The summed E-state index contributed by atoms with van der Waals surface area (Å²) in [7, 11) is 1.63. The molecule has 0 aliphatic carbocycles. The number of ketones is 1. The Hall–Kier alpha value is -2.99. The van der Waals surface area contributed by atoms with Crippen molar-refractivity contribution in [2.24, 2.45) is 11.8 Å². The smallest absolute Gasteiger partial charge is 0.273 e. The molecular weight excluding hydrogens is 432 g/mol. The van der Waals surface area contributed by atoms with Crippen molar-refractivity contribution in [2.75, 3.05) is 20.2 Å². The number of para-hydroxylation sites is 1. The molecule has 1 aliphatic rings. The number of rotatable bonds is 7. The molecule has 0 N–H and O–H groups in total. The number of hydrogen-bond donors (Lipinski definition) is 0. The van der Waals surface area contributed by atoms with Gasteiger partial charge in [-0.1, -0.05) is 50.2 Å². The lowest BCUT2D eigenvalue weighted by molar-refractivity contribution is 0.0646. The Morgan fingerprint density at radius 2 is 1.79 bits per heavy atom. The normalized spacial score (nSPS) is 14.5. The number of piperidine rings is 1. The van der Waals surface area contributed by atoms with E-state index < -0.39 is 0 Å². The van der Waals surface area contributed by atoms with Crippen LogP contribution in [0.2, 0.25) is 0 Å². The number of benzene rings is 2. The summed E-state index contributed by atoms with van der Waals surface area (Å²) in [6.07, 6.45) is 2.38. The van der Waals surface area contributed by atoms with Crippen molar-refractivity contribution in [1.29, 1.82) is 0 Å². The summed E-state index contributed by atoms with van der Waals surface area (Å²) in [4.78, 5) is 32.4. The van der Waals surface area contributed by atoms with Crippen LogP contribution in [0.3, 0.4) is 0 Å². The number of Topliss-reactive ketones (excluding diaryl/α,β-unsaturated/α-hetero) is 1. The number of methoxy groups -OCH3 is 1. The number of carbonyl (C=O) groups is 2. The molecule has 0 radical (unpaired) electrons. The van der Waals surface area contributed by atoms with E-state index in [1.165, 1.54) is 16.9 Å². The summed E-state index contributed by atoms with van der Waals surface area (Å²) >= 11 is 1.44. The molecule has 6 heteroatoms. The maximum absolute atomic E-state index is 13.0. The zero-order valence-electron chi connectivity index (χ0n) is 19.4. The fourth-order valence-corrected chi connectivity index (χ4v) is 5.16. The van der Waals surface area contributed by atoms with Crippen molar-refractivity contribution in [3.63, 3.8) is 0 Å². The first-order valence-corrected chi connectivity index (χ1v) is 12.4. The van der Waals surface area contributed by atoms with Crippen LogP contribution in [-0.2, 0) is 6.42 Å². The number of aromatic nitrogens is 1. The zero-order chi connectivity index (χ0) is 23.4. The van der Waals surface area contributed by atoms with Gasteiger partial charge in [0.05, 0.1) is 12.7 Å². The Morgan fingerprint density at radius 1 is 1.09 bits per heavy atom. The predicted octanol–water partition coefficient (Wildman–Crippen LogP) is 5.75. The van der Waals surface area contributed by atoms with Crippen LogP contribution < -0.4 is 4.74 Å². The SMILES string of the molecule is COc1ccccc1-c1nc(C(=O)N2CCC(C(=O)c3ccc(CC(C)C)cc3)CC2)cs1. The summed E-state index contributed by atoms with van der Waals surface area (Å²) in [5.41, 5.74) is 3.37. The van der Waals surface area contributed by atoms with Crippen LogP contribution in [0.15, 0.2) is 53.9 Å². The monoisotopic (exact) mass is 462 g/mol. The minimum absolute atomic E-state index is 0.0374. The quantitative estimate of drug-likeness (QED) is 0.419. The van der Waals surface area contributed by atoms with Gasteiger partial charge >= 0.3 is 0 Å². The van der Waals surface area contributed by atoms with Crippen molar-refractivity contribution < 1.29 is 14.3 Å². The number of likely N-dealkylation sites (tertiary alicyclic amines) is 1. The van der Waals surface area contributed by atoms with Gasteiger partial charge in [0.2, 0.25) is 0 Å². The van der Waals surface area contributed by atoms with E-state index in [1.807, 2.05) is 41.3 Å². The summed E-state index contributed by atoms with van der Waals surface area (Å²) in [5.74, 6) is 1.41. The Bertz CT molecular complexity index is 1110. The lowest BCUT2D eigenvalue weighted by Gasteiger charge is -2.31. The molecule has 1 aromatic heterocycles. The largest absolute Gasteiger partial charge is 0.496 e. The van der Waals surface area contributed by atoms with Gasteiger partial charge < -0.3 is 9.64 Å². The maximum Gasteiger partial charge on any atom is 0.273 e. The molecule has 2 aromatic carbocycles. The standard InChI is InChI=1S/C27H30N2O3S/c1-18(2)16-19-8-10-20(11-9-19)25(30)21-12-14-29(15-13-21)27(31)23-17-33-26(28-23)22-6-4-5-7-24(22)32-3/h4-11,17-18,21H,12-16H2,1-3H3. The highest BCUT2D eigenvalue weighted by Crippen LogP contribution is 2.32. The van der Waals surface area contributed by atoms with Crippen LogP contribution in [0.1, 0.15) is 53.1 Å². The van der Waals surface area contributed by atoms with Gasteiger partial charge in [-0.05, 0) is 42.9 Å². The van der Waals surface area contributed by atoms with Crippen LogP contribution in [0.25, 0.3) is 10.6 Å². The maximum atomic E-state index is 13.0. The molecule has 0 atom stereocenters. The minimum atomic E-state index is -0.0728. The second-order valence-corrected chi connectivity index (χ2v) is 9.82. The molecule has 1 aliphatic heterocycles. The average molecular weight is 463 g/mol. The number of thiazole rings is 1. The van der Waals surface area contributed by atoms with Crippen LogP contribution in [0, 0.1) is 11.8 Å². The van der Waals surface area contributed by atoms with Crippen molar-refractivity contribution in [3.05, 3.63) is 70.7 Å². The number of carbonyl (C=O) groups excluding carboxylic acids is 2. The third-order valence-electron chi connectivity index (χ3n) is 6.10. The van der Waals surface area contributed by atoms with Gasteiger partial charge in [0.15, 0.2) is 5.78 Å². The molecule has 0 saturated carbocycles. The first-order valence-electron chi connectivity index (χ1n) is 11.5. The first kappa shape index (κ1) is 23.2. The molecule has 33 heavy (non-hydrogen) atoms. The Kier molecular flexibility index (Phi) is 7.23. The van der Waals surface area contributed by atoms with Crippen LogP contribution in [-0.4, -0.2) is 41.8 Å². The van der Waals surface area contributed by atoms with Crippen molar-refractivity contribution in [1.82, 2.24) is 9.88 Å². The minimum Gasteiger partial charge on any atom is -0.496 e. The van der Waals surface area contributed by atoms with Crippen molar-refractivity contribution in [3.8, 4) is 16.3 Å². The molecule has 4 rings (SSSR count).